The van der Waals surface area contributed by atoms with Gasteiger partial charge in [-0.3, -0.25) is 9.97 Å². The number of aromatic amines is 1. The minimum Gasteiger partial charge on any atom is -0.489 e. The Morgan fingerprint density at radius 2 is 1.92 bits per heavy atom. The van der Waals surface area contributed by atoms with Crippen LogP contribution < -0.4 is 4.74 Å². The highest BCUT2D eigenvalue weighted by atomic mass is 35.5. The van der Waals surface area contributed by atoms with Crippen molar-refractivity contribution in [1.29, 1.82) is 0 Å². The van der Waals surface area contributed by atoms with Crippen molar-refractivity contribution < 1.29 is 23.8 Å². The van der Waals surface area contributed by atoms with Gasteiger partial charge in [0.05, 0.1) is 47.2 Å². The molecule has 198 valence electrons. The van der Waals surface area contributed by atoms with Crippen molar-refractivity contribution in [3.8, 4) is 28.1 Å². The van der Waals surface area contributed by atoms with Gasteiger partial charge in [-0.25, -0.2) is 9.59 Å². The average Bonchev–Trinajstić information content (AvgIpc) is 3.27. The number of esters is 1. The molecule has 0 radical (unpaired) electrons. The van der Waals surface area contributed by atoms with E-state index in [4.69, 9.17) is 25.8 Å². The van der Waals surface area contributed by atoms with Crippen molar-refractivity contribution in [3.63, 3.8) is 0 Å². The summed E-state index contributed by atoms with van der Waals surface area (Å²) in [5.74, 6) is -0.0201. The summed E-state index contributed by atoms with van der Waals surface area (Å²) < 4.78 is 16.4. The third-order valence-electron chi connectivity index (χ3n) is 5.66. The van der Waals surface area contributed by atoms with Crippen molar-refractivity contribution >= 4 is 34.7 Å². The first kappa shape index (κ1) is 26.9. The molecule has 9 nitrogen and oxygen atoms in total. The molecule has 38 heavy (non-hydrogen) atoms. The number of methoxy groups -OCH3 is 1. The monoisotopic (exact) mass is 536 g/mol. The van der Waals surface area contributed by atoms with Crippen LogP contribution >= 0.6 is 11.6 Å². The zero-order chi connectivity index (χ0) is 27.4. The lowest BCUT2D eigenvalue weighted by molar-refractivity contribution is 0.0278. The van der Waals surface area contributed by atoms with Gasteiger partial charge in [-0.1, -0.05) is 17.7 Å². The second-order valence-corrected chi connectivity index (χ2v) is 9.99. The fourth-order valence-electron chi connectivity index (χ4n) is 3.88. The number of hydrogen-bond acceptors (Lipinski definition) is 7. The summed E-state index contributed by atoms with van der Waals surface area (Å²) in [6, 6.07) is 10.8. The second-order valence-electron chi connectivity index (χ2n) is 9.58. The Balaban J connectivity index is 1.70. The van der Waals surface area contributed by atoms with Gasteiger partial charge in [0.1, 0.15) is 18.0 Å². The Morgan fingerprint density at radius 1 is 1.13 bits per heavy atom. The van der Waals surface area contributed by atoms with Crippen LogP contribution in [0.1, 0.15) is 31.1 Å². The van der Waals surface area contributed by atoms with Crippen LogP contribution in [-0.4, -0.2) is 64.8 Å². The molecule has 0 bridgehead atoms. The van der Waals surface area contributed by atoms with E-state index in [2.05, 4.69) is 15.0 Å². The van der Waals surface area contributed by atoms with Crippen LogP contribution in [0.25, 0.3) is 33.4 Å². The summed E-state index contributed by atoms with van der Waals surface area (Å²) >= 11 is 6.28. The van der Waals surface area contributed by atoms with Crippen molar-refractivity contribution in [3.05, 3.63) is 65.6 Å². The van der Waals surface area contributed by atoms with Crippen molar-refractivity contribution in [2.24, 2.45) is 0 Å². The Kier molecular flexibility index (Phi) is 7.87. The number of carbonyl (C=O) groups excluding carboxylic acids is 2. The van der Waals surface area contributed by atoms with E-state index in [0.29, 0.717) is 17.8 Å². The molecule has 0 spiro atoms. The van der Waals surface area contributed by atoms with Gasteiger partial charge >= 0.3 is 12.1 Å². The van der Waals surface area contributed by atoms with Crippen LogP contribution in [-0.2, 0) is 9.47 Å². The van der Waals surface area contributed by atoms with Crippen LogP contribution in [0.3, 0.4) is 0 Å². The van der Waals surface area contributed by atoms with E-state index in [9.17, 15) is 9.59 Å². The predicted molar refractivity (Wildman–Crippen MR) is 145 cm³/mol. The fourth-order valence-corrected chi connectivity index (χ4v) is 4.07. The molecular formula is C28H29ClN4O5. The Morgan fingerprint density at radius 3 is 2.66 bits per heavy atom. The Hall–Kier alpha value is -4.11. The van der Waals surface area contributed by atoms with Crippen LogP contribution in [0, 0.1) is 0 Å². The second kappa shape index (κ2) is 11.1. The van der Waals surface area contributed by atoms with E-state index in [-0.39, 0.29) is 17.2 Å². The molecule has 4 aromatic rings. The molecule has 0 aliphatic heterocycles. The molecule has 0 fully saturated rings. The minimum absolute atomic E-state index is 0.218. The molecule has 0 aliphatic rings. The van der Waals surface area contributed by atoms with Gasteiger partial charge in [-0.05, 0) is 56.7 Å². The van der Waals surface area contributed by atoms with Gasteiger partial charge in [0.15, 0.2) is 0 Å². The van der Waals surface area contributed by atoms with Gasteiger partial charge in [-0.2, -0.15) is 0 Å². The maximum Gasteiger partial charge on any atom is 0.410 e. The highest BCUT2D eigenvalue weighted by Gasteiger charge is 2.22. The number of H-pyrrole nitrogens is 1. The standard InChI is InChI=1S/C28H29ClN4O5/c1-28(2,3)38-27(35)33(4)13-14-37-22-16-30-12-10-18(22)24-23(25-21(32-24)7-6-11-31-25)17-8-9-20(29)19(15-17)26(34)36-5/h6-12,15-16,32H,13-14H2,1-5H3. The van der Waals surface area contributed by atoms with E-state index in [1.807, 2.05) is 45.0 Å². The van der Waals surface area contributed by atoms with Crippen molar-refractivity contribution in [2.75, 3.05) is 27.3 Å². The molecule has 1 N–H and O–H groups in total. The third kappa shape index (κ3) is 5.89. The molecular weight excluding hydrogens is 508 g/mol. The van der Waals surface area contributed by atoms with E-state index >= 15 is 0 Å². The summed E-state index contributed by atoms with van der Waals surface area (Å²) in [6.45, 7) is 5.98. The highest BCUT2D eigenvalue weighted by Crippen LogP contribution is 2.41. The molecule has 4 rings (SSSR count). The quantitative estimate of drug-likeness (QED) is 0.290. The number of amides is 1. The fraction of sp³-hybridized carbons (Fsp3) is 0.286. The lowest BCUT2D eigenvalue weighted by Crippen LogP contribution is -2.36. The smallest absolute Gasteiger partial charge is 0.410 e. The number of fused-ring (bicyclic) bond motifs is 1. The van der Waals surface area contributed by atoms with E-state index < -0.39 is 17.7 Å². The summed E-state index contributed by atoms with van der Waals surface area (Å²) in [5.41, 5.74) is 4.15. The van der Waals surface area contributed by atoms with E-state index in [1.165, 1.54) is 12.0 Å². The summed E-state index contributed by atoms with van der Waals surface area (Å²) in [7, 11) is 2.97. The van der Waals surface area contributed by atoms with Crippen LogP contribution in [0.15, 0.2) is 55.0 Å². The number of halogens is 1. The largest absolute Gasteiger partial charge is 0.489 e. The maximum absolute atomic E-state index is 12.3. The minimum atomic E-state index is -0.585. The number of benzene rings is 1. The zero-order valence-corrected chi connectivity index (χ0v) is 22.6. The number of nitrogens with zero attached hydrogens (tertiary/aromatic N) is 3. The van der Waals surface area contributed by atoms with Gasteiger partial charge in [0.25, 0.3) is 0 Å². The molecule has 0 unspecified atom stereocenters. The molecule has 0 atom stereocenters. The van der Waals surface area contributed by atoms with E-state index in [1.54, 1.807) is 37.8 Å². The molecule has 3 heterocycles. The van der Waals surface area contributed by atoms with Crippen LogP contribution in [0.2, 0.25) is 5.02 Å². The first-order valence-electron chi connectivity index (χ1n) is 11.9. The lowest BCUT2D eigenvalue weighted by Gasteiger charge is -2.24. The zero-order valence-electron chi connectivity index (χ0n) is 21.9. The number of ether oxygens (including phenoxy) is 3. The molecule has 0 aliphatic carbocycles. The number of pyridine rings is 2. The molecule has 0 saturated carbocycles. The van der Waals surface area contributed by atoms with Gasteiger partial charge in [0.2, 0.25) is 0 Å². The number of hydrogen-bond donors (Lipinski definition) is 1. The van der Waals surface area contributed by atoms with E-state index in [0.717, 1.165) is 27.9 Å². The molecule has 10 heteroatoms. The van der Waals surface area contributed by atoms with Gasteiger partial charge in [-0.15, -0.1) is 0 Å². The third-order valence-corrected chi connectivity index (χ3v) is 5.99. The van der Waals surface area contributed by atoms with Crippen LogP contribution in [0.4, 0.5) is 4.79 Å². The van der Waals surface area contributed by atoms with Crippen molar-refractivity contribution in [1.82, 2.24) is 19.9 Å². The Labute approximate surface area is 225 Å². The van der Waals surface area contributed by atoms with Gasteiger partial charge in [0, 0.05) is 30.6 Å². The van der Waals surface area contributed by atoms with Crippen LogP contribution in [0.5, 0.6) is 5.75 Å². The van der Waals surface area contributed by atoms with Crippen molar-refractivity contribution in [2.45, 2.75) is 26.4 Å². The molecule has 1 aromatic carbocycles. The predicted octanol–water partition coefficient (Wildman–Crippen LogP) is 5.98. The summed E-state index contributed by atoms with van der Waals surface area (Å²) in [5, 5.41) is 0.289. The number of rotatable bonds is 7. The number of aromatic nitrogens is 3. The maximum atomic E-state index is 12.3. The first-order valence-corrected chi connectivity index (χ1v) is 12.3. The summed E-state index contributed by atoms with van der Waals surface area (Å²) in [4.78, 5) is 38.3. The number of nitrogens with one attached hydrogen (secondary N) is 1. The summed E-state index contributed by atoms with van der Waals surface area (Å²) in [6.07, 6.45) is 4.56. The van der Waals surface area contributed by atoms with Gasteiger partial charge < -0.3 is 24.1 Å². The normalized spacial score (nSPS) is 11.3. The molecule has 1 amide bonds. The Bertz CT molecular complexity index is 1480. The SMILES string of the molecule is COC(=O)c1cc(-c2c(-c3ccncc3OCCN(C)C(=O)OC(C)(C)C)[nH]c3cccnc23)ccc1Cl. The number of carbonyl (C=O) groups is 2. The molecule has 3 aromatic heterocycles. The first-order chi connectivity index (χ1) is 18.1. The molecule has 0 saturated heterocycles. The average molecular weight is 537 g/mol. The number of likely N-dealkylation sites (N-methyl/N-ethyl adjacent to an activating group) is 1. The lowest BCUT2D eigenvalue weighted by atomic mass is 9.98. The highest BCUT2D eigenvalue weighted by molar-refractivity contribution is 6.33. The topological polar surface area (TPSA) is 107 Å².